The summed E-state index contributed by atoms with van der Waals surface area (Å²) < 4.78 is 5.06. The Kier molecular flexibility index (Phi) is 5.58. The van der Waals surface area contributed by atoms with Crippen LogP contribution in [0.15, 0.2) is 30.9 Å². The Balaban J connectivity index is 2.87. The van der Waals surface area contributed by atoms with Gasteiger partial charge in [-0.2, -0.15) is 5.26 Å². The molecule has 1 aromatic rings. The van der Waals surface area contributed by atoms with Crippen LogP contribution in [0.3, 0.4) is 0 Å². The van der Waals surface area contributed by atoms with E-state index < -0.39 is 5.97 Å². The van der Waals surface area contributed by atoms with Crippen LogP contribution in [0.4, 0.5) is 0 Å². The fraction of sp³-hybridized carbons (Fsp3) is 0.286. The zero-order valence-corrected chi connectivity index (χ0v) is 10.8. The van der Waals surface area contributed by atoms with Crippen molar-refractivity contribution in [3.05, 3.63) is 42.0 Å². The van der Waals surface area contributed by atoms with Gasteiger partial charge in [-0.05, 0) is 17.7 Å². The fourth-order valence-electron chi connectivity index (χ4n) is 1.76. The lowest BCUT2D eigenvalue weighted by Crippen LogP contribution is -2.29. The van der Waals surface area contributed by atoms with Gasteiger partial charge in [0.25, 0.3) is 0 Å². The van der Waals surface area contributed by atoms with Crippen LogP contribution in [0, 0.1) is 11.3 Å². The second kappa shape index (κ2) is 7.19. The molecule has 0 aliphatic rings. The molecular formula is C14H16N2O3. The topological polar surface area (TPSA) is 73.6 Å². The molecule has 100 valence electrons. The molecule has 0 amide bonds. The molecule has 1 N–H and O–H groups in total. The van der Waals surface area contributed by atoms with E-state index >= 15 is 0 Å². The van der Waals surface area contributed by atoms with Crippen molar-refractivity contribution in [1.82, 2.24) is 4.90 Å². The molecule has 5 nitrogen and oxygen atoms in total. The molecule has 0 aromatic heterocycles. The van der Waals surface area contributed by atoms with Gasteiger partial charge in [-0.15, -0.1) is 6.58 Å². The monoisotopic (exact) mass is 260 g/mol. The quantitative estimate of drug-likeness (QED) is 0.754. The molecule has 0 radical (unpaired) electrons. The molecule has 0 bridgehead atoms. The summed E-state index contributed by atoms with van der Waals surface area (Å²) in [4.78, 5) is 12.5. The SMILES string of the molecule is C=CCN(CC(=O)O)Cc1ccc(OC)c(C#N)c1. The normalized spacial score (nSPS) is 9.95. The van der Waals surface area contributed by atoms with Crippen molar-refractivity contribution in [2.24, 2.45) is 0 Å². The molecule has 0 aliphatic heterocycles. The Morgan fingerprint density at radius 3 is 2.89 bits per heavy atom. The zero-order chi connectivity index (χ0) is 14.3. The van der Waals surface area contributed by atoms with Crippen molar-refractivity contribution in [2.45, 2.75) is 6.54 Å². The largest absolute Gasteiger partial charge is 0.495 e. The number of nitrogens with zero attached hydrogens (tertiary/aromatic N) is 2. The van der Waals surface area contributed by atoms with E-state index in [1.807, 2.05) is 6.07 Å². The summed E-state index contributed by atoms with van der Waals surface area (Å²) in [6.45, 7) is 4.45. The third-order valence-electron chi connectivity index (χ3n) is 2.54. The molecule has 0 saturated heterocycles. The highest BCUT2D eigenvalue weighted by molar-refractivity contribution is 5.69. The number of nitriles is 1. The first-order chi connectivity index (χ1) is 9.10. The van der Waals surface area contributed by atoms with Crippen molar-refractivity contribution in [3.63, 3.8) is 0 Å². The van der Waals surface area contributed by atoms with Gasteiger partial charge in [0, 0.05) is 13.1 Å². The van der Waals surface area contributed by atoms with Crippen molar-refractivity contribution in [1.29, 1.82) is 5.26 Å². The third-order valence-corrected chi connectivity index (χ3v) is 2.54. The van der Waals surface area contributed by atoms with Gasteiger partial charge >= 0.3 is 5.97 Å². The average molecular weight is 260 g/mol. The Hall–Kier alpha value is -2.32. The summed E-state index contributed by atoms with van der Waals surface area (Å²) in [6, 6.07) is 7.28. The van der Waals surface area contributed by atoms with E-state index in [9.17, 15) is 4.79 Å². The summed E-state index contributed by atoms with van der Waals surface area (Å²) in [5, 5.41) is 17.8. The molecule has 0 fully saturated rings. The first-order valence-electron chi connectivity index (χ1n) is 5.72. The molecule has 0 unspecified atom stereocenters. The standard InChI is InChI=1S/C14H16N2O3/c1-3-6-16(10-14(17)18)9-11-4-5-13(19-2)12(7-11)8-15/h3-5,7H,1,6,9-10H2,2H3,(H,17,18). The van der Waals surface area contributed by atoms with E-state index in [0.717, 1.165) is 5.56 Å². The van der Waals surface area contributed by atoms with E-state index in [0.29, 0.717) is 24.4 Å². The average Bonchev–Trinajstić information content (AvgIpc) is 2.38. The Labute approximate surface area is 112 Å². The number of carbonyl (C=O) groups is 1. The van der Waals surface area contributed by atoms with Crippen LogP contribution < -0.4 is 4.74 Å². The van der Waals surface area contributed by atoms with Crippen LogP contribution in [0.25, 0.3) is 0 Å². The van der Waals surface area contributed by atoms with Gasteiger partial charge in [0.05, 0.1) is 19.2 Å². The maximum Gasteiger partial charge on any atom is 0.317 e. The number of carboxylic acids is 1. The second-order valence-electron chi connectivity index (χ2n) is 4.00. The Bertz CT molecular complexity index is 506. The molecule has 1 rings (SSSR count). The lowest BCUT2D eigenvalue weighted by atomic mass is 10.1. The van der Waals surface area contributed by atoms with Crippen molar-refractivity contribution in [2.75, 3.05) is 20.2 Å². The number of carboxylic acid groups (broad SMARTS) is 1. The highest BCUT2D eigenvalue weighted by Crippen LogP contribution is 2.19. The third kappa shape index (κ3) is 4.45. The van der Waals surface area contributed by atoms with Crippen LogP contribution in [0.2, 0.25) is 0 Å². The maximum atomic E-state index is 10.7. The minimum Gasteiger partial charge on any atom is -0.495 e. The lowest BCUT2D eigenvalue weighted by molar-refractivity contribution is -0.138. The molecule has 0 spiro atoms. The number of methoxy groups -OCH3 is 1. The first-order valence-corrected chi connectivity index (χ1v) is 5.72. The zero-order valence-electron chi connectivity index (χ0n) is 10.8. The van der Waals surface area contributed by atoms with Crippen LogP contribution in [0.5, 0.6) is 5.75 Å². The van der Waals surface area contributed by atoms with Gasteiger partial charge in [0.15, 0.2) is 0 Å². The van der Waals surface area contributed by atoms with Gasteiger partial charge < -0.3 is 9.84 Å². The van der Waals surface area contributed by atoms with Gasteiger partial charge in [0.1, 0.15) is 11.8 Å². The van der Waals surface area contributed by atoms with Gasteiger partial charge in [-0.3, -0.25) is 9.69 Å². The molecule has 0 atom stereocenters. The highest BCUT2D eigenvalue weighted by atomic mass is 16.5. The molecule has 5 heteroatoms. The summed E-state index contributed by atoms with van der Waals surface area (Å²) >= 11 is 0. The van der Waals surface area contributed by atoms with Crippen molar-refractivity contribution >= 4 is 5.97 Å². The number of aliphatic carboxylic acids is 1. The van der Waals surface area contributed by atoms with Crippen molar-refractivity contribution < 1.29 is 14.6 Å². The van der Waals surface area contributed by atoms with Crippen LogP contribution >= 0.6 is 0 Å². The summed E-state index contributed by atoms with van der Waals surface area (Å²) in [6.07, 6.45) is 1.65. The van der Waals surface area contributed by atoms with E-state index in [4.69, 9.17) is 15.1 Å². The van der Waals surface area contributed by atoms with Gasteiger partial charge in [-0.1, -0.05) is 12.1 Å². The van der Waals surface area contributed by atoms with E-state index in [-0.39, 0.29) is 6.54 Å². The molecule has 19 heavy (non-hydrogen) atoms. The van der Waals surface area contributed by atoms with Crippen LogP contribution in [0.1, 0.15) is 11.1 Å². The Morgan fingerprint density at radius 2 is 2.37 bits per heavy atom. The molecule has 0 heterocycles. The number of hydrogen-bond donors (Lipinski definition) is 1. The van der Waals surface area contributed by atoms with Gasteiger partial charge in [0.2, 0.25) is 0 Å². The van der Waals surface area contributed by atoms with Crippen LogP contribution in [-0.4, -0.2) is 36.2 Å². The summed E-state index contributed by atoms with van der Waals surface area (Å²) in [5.74, 6) is -0.379. The first kappa shape index (κ1) is 14.7. The maximum absolute atomic E-state index is 10.7. The highest BCUT2D eigenvalue weighted by Gasteiger charge is 2.10. The molecular weight excluding hydrogens is 244 g/mol. The van der Waals surface area contributed by atoms with Gasteiger partial charge in [-0.25, -0.2) is 0 Å². The fourth-order valence-corrected chi connectivity index (χ4v) is 1.76. The summed E-state index contributed by atoms with van der Waals surface area (Å²) in [7, 11) is 1.50. The van der Waals surface area contributed by atoms with Crippen LogP contribution in [-0.2, 0) is 11.3 Å². The lowest BCUT2D eigenvalue weighted by Gasteiger charge is -2.18. The van der Waals surface area contributed by atoms with E-state index in [1.165, 1.54) is 7.11 Å². The number of hydrogen-bond acceptors (Lipinski definition) is 4. The molecule has 1 aromatic carbocycles. The van der Waals surface area contributed by atoms with Crippen molar-refractivity contribution in [3.8, 4) is 11.8 Å². The predicted molar refractivity (Wildman–Crippen MR) is 70.8 cm³/mol. The van der Waals surface area contributed by atoms with E-state index in [2.05, 4.69) is 12.6 Å². The number of benzene rings is 1. The smallest absolute Gasteiger partial charge is 0.317 e. The summed E-state index contributed by atoms with van der Waals surface area (Å²) in [5.41, 5.74) is 1.30. The number of rotatable bonds is 7. The molecule has 0 saturated carbocycles. The number of ether oxygens (including phenoxy) is 1. The Morgan fingerprint density at radius 1 is 1.63 bits per heavy atom. The van der Waals surface area contributed by atoms with E-state index in [1.54, 1.807) is 23.1 Å². The predicted octanol–water partition coefficient (Wildman–Crippen LogP) is 1.64. The second-order valence-corrected chi connectivity index (χ2v) is 4.00. The minimum absolute atomic E-state index is 0.0695. The molecule has 0 aliphatic carbocycles. The minimum atomic E-state index is -0.893.